The first-order chi connectivity index (χ1) is 10.1. The summed E-state index contributed by atoms with van der Waals surface area (Å²) < 4.78 is 11.0. The number of ether oxygens (including phenoxy) is 1. The van der Waals surface area contributed by atoms with Crippen LogP contribution in [0.15, 0.2) is 39.9 Å². The van der Waals surface area contributed by atoms with E-state index in [-0.39, 0.29) is 0 Å². The maximum absolute atomic E-state index is 9.02. The van der Waals surface area contributed by atoms with Crippen molar-refractivity contribution in [2.75, 3.05) is 26.1 Å². The zero-order valence-electron chi connectivity index (χ0n) is 12.0. The van der Waals surface area contributed by atoms with E-state index in [9.17, 15) is 0 Å². The summed E-state index contributed by atoms with van der Waals surface area (Å²) in [5.41, 5.74) is 3.09. The number of hydrogen-bond donors (Lipinski definition) is 1. The van der Waals surface area contributed by atoms with Gasteiger partial charge in [-0.2, -0.15) is 0 Å². The molecule has 0 fully saturated rings. The molecular weight excluding hydrogens is 270 g/mol. The Balaban J connectivity index is 2.31. The Morgan fingerprint density at radius 2 is 2.05 bits per heavy atom. The predicted molar refractivity (Wildman–Crippen MR) is 78.9 cm³/mol. The minimum Gasteiger partial charge on any atom is -0.494 e. The number of rotatable bonds is 2. The summed E-state index contributed by atoms with van der Waals surface area (Å²) >= 11 is 0. The van der Waals surface area contributed by atoms with Gasteiger partial charge >= 0.3 is 0 Å². The molecular formula is C15H15N3O3. The largest absolute Gasteiger partial charge is 0.494 e. The number of nitrogens with zero attached hydrogens (tertiary/aromatic N) is 3. The molecule has 6 nitrogen and oxygen atoms in total. The van der Waals surface area contributed by atoms with Gasteiger partial charge in [-0.3, -0.25) is 0 Å². The molecule has 0 aromatic heterocycles. The Labute approximate surface area is 121 Å². The van der Waals surface area contributed by atoms with Gasteiger partial charge < -0.3 is 19.3 Å². The van der Waals surface area contributed by atoms with Gasteiger partial charge in [-0.25, -0.2) is 4.98 Å². The summed E-state index contributed by atoms with van der Waals surface area (Å²) in [5, 5.41) is 12.5. The summed E-state index contributed by atoms with van der Waals surface area (Å²) in [4.78, 5) is 6.53. The molecule has 1 N–H and O–H groups in total. The lowest BCUT2D eigenvalue weighted by Crippen LogP contribution is -2.09. The first-order valence-electron chi connectivity index (χ1n) is 6.40. The van der Waals surface area contributed by atoms with Gasteiger partial charge in [0.2, 0.25) is 0 Å². The zero-order chi connectivity index (χ0) is 15.0. The molecule has 0 radical (unpaired) electrons. The number of methoxy groups -OCH3 is 1. The van der Waals surface area contributed by atoms with E-state index >= 15 is 0 Å². The van der Waals surface area contributed by atoms with Gasteiger partial charge in [0.25, 0.3) is 0 Å². The number of anilines is 1. The molecule has 2 aliphatic rings. The average molecular weight is 285 g/mol. The van der Waals surface area contributed by atoms with Crippen molar-refractivity contribution in [3.8, 4) is 17.2 Å². The first kappa shape index (κ1) is 13.2. The average Bonchev–Trinajstić information content (AvgIpc) is 2.50. The number of fused-ring (bicyclic) bond motifs is 2. The van der Waals surface area contributed by atoms with Gasteiger partial charge in [0.15, 0.2) is 11.3 Å². The Morgan fingerprint density at radius 3 is 2.71 bits per heavy atom. The topological polar surface area (TPSA) is 71.1 Å². The molecule has 6 heteroatoms. The Kier molecular flexibility index (Phi) is 3.13. The van der Waals surface area contributed by atoms with Crippen LogP contribution < -0.4 is 15.0 Å². The SMILES string of the molecule is COc1cc2nc3ccc(N(C)C)cc3oc-2c/c1=N/O. The predicted octanol–water partition coefficient (Wildman–Crippen LogP) is 2.30. The standard InChI is InChI=1S/C15H15N3O3/c1-18(2)9-4-5-10-14(6-9)21-15-8-12(17-19)13(20-3)7-11(15)16-10/h4-8,19H,1-3H3/b17-12-. The van der Waals surface area contributed by atoms with Gasteiger partial charge in [-0.1, -0.05) is 5.16 Å². The lowest BCUT2D eigenvalue weighted by atomic mass is 10.2. The summed E-state index contributed by atoms with van der Waals surface area (Å²) in [6.07, 6.45) is 0. The van der Waals surface area contributed by atoms with Crippen molar-refractivity contribution in [2.24, 2.45) is 5.16 Å². The van der Waals surface area contributed by atoms with Crippen molar-refractivity contribution in [1.29, 1.82) is 0 Å². The summed E-state index contributed by atoms with van der Waals surface area (Å²) in [7, 11) is 5.43. The van der Waals surface area contributed by atoms with Gasteiger partial charge in [-0.15, -0.1) is 0 Å². The van der Waals surface area contributed by atoms with Gasteiger partial charge in [-0.05, 0) is 12.1 Å². The number of aromatic nitrogens is 1. The van der Waals surface area contributed by atoms with Crippen molar-refractivity contribution in [1.82, 2.24) is 4.98 Å². The van der Waals surface area contributed by atoms with E-state index in [0.717, 1.165) is 11.2 Å². The Bertz CT molecular complexity index is 839. The molecule has 1 aliphatic heterocycles. The Morgan fingerprint density at radius 1 is 1.24 bits per heavy atom. The third-order valence-corrected chi connectivity index (χ3v) is 3.29. The van der Waals surface area contributed by atoms with Crippen LogP contribution >= 0.6 is 0 Å². The quantitative estimate of drug-likeness (QED) is 0.444. The maximum Gasteiger partial charge on any atom is 0.155 e. The second-order valence-corrected chi connectivity index (χ2v) is 4.85. The van der Waals surface area contributed by atoms with Crippen LogP contribution in [0.3, 0.4) is 0 Å². The van der Waals surface area contributed by atoms with Crippen LogP contribution in [0, 0.1) is 0 Å². The second-order valence-electron chi connectivity index (χ2n) is 4.85. The molecule has 1 aromatic rings. The molecule has 21 heavy (non-hydrogen) atoms. The molecule has 0 spiro atoms. The van der Waals surface area contributed by atoms with E-state index in [1.807, 2.05) is 37.2 Å². The molecule has 0 saturated heterocycles. The van der Waals surface area contributed by atoms with Crippen molar-refractivity contribution in [3.05, 3.63) is 35.7 Å². The maximum atomic E-state index is 9.02. The zero-order valence-corrected chi connectivity index (χ0v) is 12.0. The van der Waals surface area contributed by atoms with Crippen LogP contribution in [0.25, 0.3) is 22.6 Å². The molecule has 3 rings (SSSR count). The third kappa shape index (κ3) is 2.24. The molecule has 1 aromatic carbocycles. The van der Waals surface area contributed by atoms with Crippen LogP contribution in [0.1, 0.15) is 0 Å². The van der Waals surface area contributed by atoms with Crippen LogP contribution in [-0.4, -0.2) is 31.4 Å². The highest BCUT2D eigenvalue weighted by Gasteiger charge is 2.13. The summed E-state index contributed by atoms with van der Waals surface area (Å²) in [5.74, 6) is 0.976. The lowest BCUT2D eigenvalue weighted by Gasteiger charge is -2.13. The van der Waals surface area contributed by atoms with Gasteiger partial charge in [0.05, 0.1) is 7.11 Å². The lowest BCUT2D eigenvalue weighted by molar-refractivity contribution is 0.295. The summed E-state index contributed by atoms with van der Waals surface area (Å²) in [6.45, 7) is 0. The van der Waals surface area contributed by atoms with Crippen molar-refractivity contribution >= 4 is 16.8 Å². The molecule has 0 unspecified atom stereocenters. The van der Waals surface area contributed by atoms with E-state index in [1.165, 1.54) is 7.11 Å². The molecule has 0 amide bonds. The van der Waals surface area contributed by atoms with Crippen molar-refractivity contribution in [2.45, 2.75) is 0 Å². The van der Waals surface area contributed by atoms with E-state index in [0.29, 0.717) is 28.1 Å². The first-order valence-corrected chi connectivity index (χ1v) is 6.40. The second kappa shape index (κ2) is 4.97. The van der Waals surface area contributed by atoms with Crippen LogP contribution in [-0.2, 0) is 0 Å². The van der Waals surface area contributed by atoms with Crippen LogP contribution in [0.5, 0.6) is 5.75 Å². The van der Waals surface area contributed by atoms with Crippen LogP contribution in [0.2, 0.25) is 0 Å². The van der Waals surface area contributed by atoms with Crippen molar-refractivity contribution < 1.29 is 14.4 Å². The van der Waals surface area contributed by atoms with Gasteiger partial charge in [0.1, 0.15) is 22.3 Å². The smallest absolute Gasteiger partial charge is 0.155 e. The van der Waals surface area contributed by atoms with Crippen LogP contribution in [0.4, 0.5) is 5.69 Å². The highest BCUT2D eigenvalue weighted by Crippen LogP contribution is 2.28. The molecule has 0 atom stereocenters. The van der Waals surface area contributed by atoms with Crippen molar-refractivity contribution in [3.63, 3.8) is 0 Å². The fraction of sp³-hybridized carbons (Fsp3) is 0.200. The fourth-order valence-corrected chi connectivity index (χ4v) is 2.15. The molecule has 1 aliphatic carbocycles. The van der Waals surface area contributed by atoms with E-state index in [2.05, 4.69) is 10.1 Å². The number of benzene rings is 2. The monoisotopic (exact) mass is 285 g/mol. The van der Waals surface area contributed by atoms with E-state index in [1.54, 1.807) is 12.1 Å². The molecule has 1 heterocycles. The van der Waals surface area contributed by atoms with E-state index < -0.39 is 0 Å². The van der Waals surface area contributed by atoms with E-state index in [4.69, 9.17) is 14.4 Å². The number of hydrogen-bond acceptors (Lipinski definition) is 6. The highest BCUT2D eigenvalue weighted by molar-refractivity contribution is 5.80. The normalized spacial score (nSPS) is 12.0. The fourth-order valence-electron chi connectivity index (χ4n) is 2.15. The molecule has 108 valence electrons. The Hall–Kier alpha value is -2.76. The van der Waals surface area contributed by atoms with Gasteiger partial charge in [0, 0.05) is 38.0 Å². The highest BCUT2D eigenvalue weighted by atomic mass is 16.5. The third-order valence-electron chi connectivity index (χ3n) is 3.29. The molecule has 0 bridgehead atoms. The minimum absolute atomic E-state index is 0.304. The minimum atomic E-state index is 0.304. The summed E-state index contributed by atoms with van der Waals surface area (Å²) in [6, 6.07) is 9.09. The molecule has 0 saturated carbocycles.